The average molecular weight is 280 g/mol. The summed E-state index contributed by atoms with van der Waals surface area (Å²) in [5.74, 6) is 0. The molecule has 0 bridgehead atoms. The van der Waals surface area contributed by atoms with E-state index in [2.05, 4.69) is 10.4 Å². The number of aryl methyl sites for hydroxylation is 1. The number of benzene rings is 1. The molecule has 6 nitrogen and oxygen atoms in total. The van der Waals surface area contributed by atoms with E-state index in [0.29, 0.717) is 17.9 Å². The van der Waals surface area contributed by atoms with E-state index in [-0.39, 0.29) is 4.90 Å². The molecule has 1 heterocycles. The minimum Gasteiger partial charge on any atom is -0.397 e. The van der Waals surface area contributed by atoms with Crippen LogP contribution in [0.15, 0.2) is 35.4 Å². The van der Waals surface area contributed by atoms with Gasteiger partial charge in [-0.25, -0.2) is 8.42 Å². The van der Waals surface area contributed by atoms with Crippen LogP contribution < -0.4 is 11.1 Å². The van der Waals surface area contributed by atoms with Gasteiger partial charge in [0.25, 0.3) is 0 Å². The maximum absolute atomic E-state index is 11.4. The quantitative estimate of drug-likeness (QED) is 0.816. The van der Waals surface area contributed by atoms with Gasteiger partial charge in [-0.3, -0.25) is 4.68 Å². The zero-order valence-electron chi connectivity index (χ0n) is 10.8. The first kappa shape index (κ1) is 13.4. The van der Waals surface area contributed by atoms with Gasteiger partial charge in [-0.1, -0.05) is 0 Å². The van der Waals surface area contributed by atoms with Gasteiger partial charge in [-0.15, -0.1) is 0 Å². The lowest BCUT2D eigenvalue weighted by atomic mass is 10.2. The summed E-state index contributed by atoms with van der Waals surface area (Å²) in [6, 6.07) is 6.55. The summed E-state index contributed by atoms with van der Waals surface area (Å²) in [6.07, 6.45) is 3.01. The third kappa shape index (κ3) is 3.25. The van der Waals surface area contributed by atoms with Crippen molar-refractivity contribution in [3.05, 3.63) is 36.2 Å². The normalized spacial score (nSPS) is 11.5. The number of rotatable bonds is 4. The molecule has 19 heavy (non-hydrogen) atoms. The van der Waals surface area contributed by atoms with E-state index in [1.165, 1.54) is 12.1 Å². The van der Waals surface area contributed by atoms with E-state index in [1.807, 2.05) is 19.3 Å². The highest BCUT2D eigenvalue weighted by molar-refractivity contribution is 7.90. The molecule has 7 heteroatoms. The molecule has 0 unspecified atom stereocenters. The average Bonchev–Trinajstić information content (AvgIpc) is 2.72. The Hall–Kier alpha value is -2.02. The molecule has 2 aromatic rings. The smallest absolute Gasteiger partial charge is 0.175 e. The van der Waals surface area contributed by atoms with Crippen molar-refractivity contribution in [2.75, 3.05) is 17.3 Å². The summed E-state index contributed by atoms with van der Waals surface area (Å²) in [6.45, 7) is 0.531. The zero-order valence-corrected chi connectivity index (χ0v) is 11.6. The van der Waals surface area contributed by atoms with Gasteiger partial charge in [0.05, 0.1) is 28.5 Å². The van der Waals surface area contributed by atoms with E-state index in [4.69, 9.17) is 5.73 Å². The minimum atomic E-state index is -3.23. The summed E-state index contributed by atoms with van der Waals surface area (Å²) in [4.78, 5) is 0.216. The molecule has 0 saturated carbocycles. The third-order valence-corrected chi connectivity index (χ3v) is 3.79. The number of hydrogen-bond donors (Lipinski definition) is 2. The SMILES string of the molecule is Cn1ccc(CNc2ccc(S(C)(=O)=O)cc2N)n1. The standard InChI is InChI=1S/C12H16N4O2S/c1-16-6-5-9(15-16)8-14-12-4-3-10(7-11(12)13)19(2,17)18/h3-7,14H,8,13H2,1-2H3. The van der Waals surface area contributed by atoms with Gasteiger partial charge in [0.1, 0.15) is 0 Å². The van der Waals surface area contributed by atoms with Crippen LogP contribution in [0.2, 0.25) is 0 Å². The lowest BCUT2D eigenvalue weighted by Gasteiger charge is -2.09. The van der Waals surface area contributed by atoms with Crippen LogP contribution in [0, 0.1) is 0 Å². The van der Waals surface area contributed by atoms with Crippen LogP contribution in [-0.4, -0.2) is 24.5 Å². The van der Waals surface area contributed by atoms with E-state index in [1.54, 1.807) is 10.7 Å². The Kier molecular flexibility index (Phi) is 3.48. The van der Waals surface area contributed by atoms with Crippen molar-refractivity contribution in [3.8, 4) is 0 Å². The van der Waals surface area contributed by atoms with Gasteiger partial charge in [-0.2, -0.15) is 5.10 Å². The number of aromatic nitrogens is 2. The topological polar surface area (TPSA) is 90.0 Å². The Bertz CT molecular complexity index is 692. The molecule has 0 amide bonds. The number of nitrogen functional groups attached to an aromatic ring is 1. The van der Waals surface area contributed by atoms with Crippen molar-refractivity contribution in [2.24, 2.45) is 7.05 Å². The molecule has 2 rings (SSSR count). The van der Waals surface area contributed by atoms with Crippen LogP contribution in [0.3, 0.4) is 0 Å². The molecule has 1 aromatic heterocycles. The second-order valence-electron chi connectivity index (χ2n) is 4.36. The van der Waals surface area contributed by atoms with Gasteiger partial charge < -0.3 is 11.1 Å². The van der Waals surface area contributed by atoms with E-state index >= 15 is 0 Å². The largest absolute Gasteiger partial charge is 0.397 e. The Morgan fingerprint density at radius 2 is 2.11 bits per heavy atom. The third-order valence-electron chi connectivity index (χ3n) is 2.68. The predicted octanol–water partition coefficient (Wildman–Crippen LogP) is 1.02. The summed E-state index contributed by atoms with van der Waals surface area (Å²) in [7, 11) is -1.38. The molecule has 0 radical (unpaired) electrons. The summed E-state index contributed by atoms with van der Waals surface area (Å²) in [5, 5.41) is 7.36. The molecular weight excluding hydrogens is 264 g/mol. The van der Waals surface area contributed by atoms with Crippen molar-refractivity contribution in [1.29, 1.82) is 0 Å². The van der Waals surface area contributed by atoms with Crippen LogP contribution in [0.5, 0.6) is 0 Å². The van der Waals surface area contributed by atoms with Crippen molar-refractivity contribution >= 4 is 21.2 Å². The fourth-order valence-electron chi connectivity index (χ4n) is 1.68. The summed E-state index contributed by atoms with van der Waals surface area (Å²) >= 11 is 0. The molecule has 102 valence electrons. The summed E-state index contributed by atoms with van der Waals surface area (Å²) < 4.78 is 24.5. The van der Waals surface area contributed by atoms with Gasteiger partial charge in [-0.05, 0) is 24.3 Å². The lowest BCUT2D eigenvalue weighted by Crippen LogP contribution is -2.05. The molecule has 1 aromatic carbocycles. The highest BCUT2D eigenvalue weighted by Gasteiger charge is 2.09. The first-order valence-corrected chi connectivity index (χ1v) is 7.57. The Morgan fingerprint density at radius 1 is 1.37 bits per heavy atom. The first-order chi connectivity index (χ1) is 8.86. The maximum atomic E-state index is 11.4. The fraction of sp³-hybridized carbons (Fsp3) is 0.250. The van der Waals surface area contributed by atoms with Crippen LogP contribution in [-0.2, 0) is 23.4 Å². The fourth-order valence-corrected chi connectivity index (χ4v) is 2.33. The number of nitrogens with zero attached hydrogens (tertiary/aromatic N) is 2. The number of hydrogen-bond acceptors (Lipinski definition) is 5. The molecule has 0 spiro atoms. The van der Waals surface area contributed by atoms with Crippen LogP contribution in [0.1, 0.15) is 5.69 Å². The number of nitrogens with two attached hydrogens (primary N) is 1. The minimum absolute atomic E-state index is 0.216. The predicted molar refractivity (Wildman–Crippen MR) is 74.5 cm³/mol. The van der Waals surface area contributed by atoms with E-state index in [0.717, 1.165) is 11.9 Å². The number of sulfone groups is 1. The van der Waals surface area contributed by atoms with Crippen molar-refractivity contribution in [3.63, 3.8) is 0 Å². The van der Waals surface area contributed by atoms with Crippen LogP contribution >= 0.6 is 0 Å². The number of nitrogens with one attached hydrogen (secondary N) is 1. The Labute approximate surface area is 112 Å². The van der Waals surface area contributed by atoms with Gasteiger partial charge in [0.15, 0.2) is 9.84 Å². The van der Waals surface area contributed by atoms with Crippen LogP contribution in [0.4, 0.5) is 11.4 Å². The second-order valence-corrected chi connectivity index (χ2v) is 6.37. The lowest BCUT2D eigenvalue weighted by molar-refractivity contribution is 0.602. The molecule has 0 aliphatic rings. The maximum Gasteiger partial charge on any atom is 0.175 e. The van der Waals surface area contributed by atoms with Crippen LogP contribution in [0.25, 0.3) is 0 Å². The monoisotopic (exact) mass is 280 g/mol. The molecule has 0 fully saturated rings. The molecule has 0 saturated heterocycles. The number of anilines is 2. The van der Waals surface area contributed by atoms with Crippen molar-refractivity contribution < 1.29 is 8.42 Å². The zero-order chi connectivity index (χ0) is 14.0. The highest BCUT2D eigenvalue weighted by Crippen LogP contribution is 2.22. The molecule has 0 aliphatic carbocycles. The van der Waals surface area contributed by atoms with Gasteiger partial charge in [0.2, 0.25) is 0 Å². The molecular formula is C12H16N4O2S. The van der Waals surface area contributed by atoms with Gasteiger partial charge in [0, 0.05) is 19.5 Å². The first-order valence-electron chi connectivity index (χ1n) is 5.68. The molecule has 0 aliphatic heterocycles. The Balaban J connectivity index is 2.14. The van der Waals surface area contributed by atoms with E-state index < -0.39 is 9.84 Å². The van der Waals surface area contributed by atoms with Gasteiger partial charge >= 0.3 is 0 Å². The van der Waals surface area contributed by atoms with Crippen molar-refractivity contribution in [2.45, 2.75) is 11.4 Å². The molecule has 0 atom stereocenters. The highest BCUT2D eigenvalue weighted by atomic mass is 32.2. The summed E-state index contributed by atoms with van der Waals surface area (Å²) in [5.41, 5.74) is 7.81. The van der Waals surface area contributed by atoms with Crippen molar-refractivity contribution in [1.82, 2.24) is 9.78 Å². The molecule has 3 N–H and O–H groups in total. The second kappa shape index (κ2) is 4.93. The van der Waals surface area contributed by atoms with E-state index in [9.17, 15) is 8.42 Å². The Morgan fingerprint density at radius 3 is 2.63 bits per heavy atom.